The van der Waals surface area contributed by atoms with E-state index in [1.165, 1.54) is 9.25 Å². The zero-order chi connectivity index (χ0) is 22.5. The highest BCUT2D eigenvalue weighted by Gasteiger charge is 2.18. The van der Waals surface area contributed by atoms with Gasteiger partial charge in [0.25, 0.3) is 0 Å². The number of ether oxygens (including phenoxy) is 2. The lowest BCUT2D eigenvalue weighted by molar-refractivity contribution is 0.0714. The minimum atomic E-state index is -0.662. The van der Waals surface area contributed by atoms with E-state index < -0.39 is 20.1 Å². The van der Waals surface area contributed by atoms with Gasteiger partial charge in [0.05, 0.1) is 18.2 Å². The molecule has 172 valence electrons. The highest BCUT2D eigenvalue weighted by molar-refractivity contribution is 9.10. The first-order chi connectivity index (χ1) is 13.9. The first-order valence-electron chi connectivity index (χ1n) is 9.48. The molecule has 0 amide bonds. The summed E-state index contributed by atoms with van der Waals surface area (Å²) < 4.78 is 15.3. The summed E-state index contributed by atoms with van der Waals surface area (Å²) in [6.07, 6.45) is 13.4. The van der Waals surface area contributed by atoms with E-state index in [1.807, 2.05) is 12.1 Å². The van der Waals surface area contributed by atoms with E-state index in [-0.39, 0.29) is 19.2 Å². The van der Waals surface area contributed by atoms with Crippen molar-refractivity contribution < 1.29 is 9.47 Å². The number of hydrogen-bond donors (Lipinski definition) is 0. The van der Waals surface area contributed by atoms with Crippen LogP contribution in [0.3, 0.4) is 0 Å². The second-order valence-electron chi connectivity index (χ2n) is 8.82. The van der Waals surface area contributed by atoms with Gasteiger partial charge in [-0.1, -0.05) is 27.5 Å². The maximum absolute atomic E-state index is 13.0. The molecule has 0 spiro atoms. The molecule has 0 aliphatic heterocycles. The maximum Gasteiger partial charge on any atom is 0.350 e. The van der Waals surface area contributed by atoms with Crippen LogP contribution in [-0.2, 0) is 22.9 Å². The average Bonchev–Trinajstić information content (AvgIpc) is 2.90. The molecule has 0 radical (unpaired) electrons. The lowest BCUT2D eigenvalue weighted by Gasteiger charge is -2.24. The minimum Gasteiger partial charge on any atom is -0.360 e. The number of rotatable bonds is 11. The van der Waals surface area contributed by atoms with E-state index in [1.54, 1.807) is 6.07 Å². The topological polar surface area (TPSA) is 58.3 Å². The molecule has 0 unspecified atom stereocenters. The monoisotopic (exact) mass is 541 g/mol. The summed E-state index contributed by atoms with van der Waals surface area (Å²) in [4.78, 5) is 13.0. The van der Waals surface area contributed by atoms with Gasteiger partial charge < -0.3 is 9.47 Å². The third-order valence-corrected chi connectivity index (χ3v) is 7.80. The van der Waals surface area contributed by atoms with Gasteiger partial charge in [0.2, 0.25) is 0 Å². The number of hydrogen-bond acceptors (Lipinski definition) is 4. The minimum absolute atomic E-state index is 0.106. The van der Waals surface area contributed by atoms with Gasteiger partial charge in [0.1, 0.15) is 13.5 Å². The summed E-state index contributed by atoms with van der Waals surface area (Å²) >= 11 is 9.85. The molecule has 1 aromatic carbocycles. The average molecular weight is 543 g/mol. The van der Waals surface area contributed by atoms with Gasteiger partial charge in [-0.05, 0) is 55.7 Å². The Bertz CT molecular complexity index is 904. The van der Waals surface area contributed by atoms with Gasteiger partial charge in [0, 0.05) is 21.5 Å². The second-order valence-corrected chi connectivity index (χ2v) is 19.3. The van der Waals surface area contributed by atoms with Gasteiger partial charge in [0.15, 0.2) is 5.82 Å². The van der Waals surface area contributed by atoms with Crippen LogP contribution >= 0.6 is 47.6 Å². The van der Waals surface area contributed by atoms with Crippen molar-refractivity contribution in [2.75, 3.05) is 62.3 Å². The Hall–Kier alpha value is -0.450. The third kappa shape index (κ3) is 8.24. The van der Waals surface area contributed by atoms with Crippen molar-refractivity contribution in [2.45, 2.75) is 13.5 Å². The standard InChI is InChI=1S/C20H33BrClN3O3S2/c1-29(2,3)11-9-27-14-24-19(17-8-7-16(21)13-18(17)22)23-25(20(24)26)15-28-10-12-30(4,5)6/h7-8,13H,9-12,14-15H2,1-6H3. The van der Waals surface area contributed by atoms with Gasteiger partial charge >= 0.3 is 5.69 Å². The molecule has 0 N–H and O–H groups in total. The smallest absolute Gasteiger partial charge is 0.350 e. The van der Waals surface area contributed by atoms with Gasteiger partial charge in [-0.2, -0.15) is 4.68 Å². The van der Waals surface area contributed by atoms with Gasteiger partial charge in [-0.15, -0.1) is 5.10 Å². The van der Waals surface area contributed by atoms with Crippen molar-refractivity contribution in [3.05, 3.63) is 38.2 Å². The molecule has 1 aromatic heterocycles. The Morgan fingerprint density at radius 3 is 2.10 bits per heavy atom. The van der Waals surface area contributed by atoms with Crippen LogP contribution in [0.4, 0.5) is 0 Å². The molecule has 2 aromatic rings. The molecular formula is C20H33BrClN3O3S2. The number of halogens is 2. The molecule has 0 saturated heterocycles. The highest BCUT2D eigenvalue weighted by atomic mass is 79.9. The van der Waals surface area contributed by atoms with E-state index in [2.05, 4.69) is 58.6 Å². The lowest BCUT2D eigenvalue weighted by Crippen LogP contribution is -2.27. The Morgan fingerprint density at radius 2 is 1.57 bits per heavy atom. The Balaban J connectivity index is 2.23. The summed E-state index contributed by atoms with van der Waals surface area (Å²) in [5, 5.41) is 5.02. The van der Waals surface area contributed by atoms with Crippen molar-refractivity contribution in [1.82, 2.24) is 14.3 Å². The lowest BCUT2D eigenvalue weighted by atomic mass is 10.2. The van der Waals surface area contributed by atoms with Crippen molar-refractivity contribution in [2.24, 2.45) is 0 Å². The predicted octanol–water partition coefficient (Wildman–Crippen LogP) is 4.46. The number of nitrogens with zero attached hydrogens (tertiary/aromatic N) is 3. The van der Waals surface area contributed by atoms with Crippen LogP contribution in [0.1, 0.15) is 0 Å². The zero-order valence-electron chi connectivity index (χ0n) is 18.6. The van der Waals surface area contributed by atoms with E-state index in [4.69, 9.17) is 21.1 Å². The summed E-state index contributed by atoms with van der Waals surface area (Å²) in [6, 6.07) is 5.51. The van der Waals surface area contributed by atoms with Crippen LogP contribution in [0.15, 0.2) is 27.5 Å². The molecule has 10 heteroatoms. The summed E-state index contributed by atoms with van der Waals surface area (Å²) in [6.45, 7) is 1.42. The van der Waals surface area contributed by atoms with Crippen LogP contribution in [0.2, 0.25) is 5.02 Å². The Morgan fingerprint density at radius 1 is 1.00 bits per heavy atom. The molecule has 0 aliphatic rings. The largest absolute Gasteiger partial charge is 0.360 e. The van der Waals surface area contributed by atoms with Crippen molar-refractivity contribution >= 4 is 47.6 Å². The van der Waals surface area contributed by atoms with Crippen molar-refractivity contribution in [3.63, 3.8) is 0 Å². The van der Waals surface area contributed by atoms with Crippen LogP contribution in [0, 0.1) is 0 Å². The van der Waals surface area contributed by atoms with E-state index >= 15 is 0 Å². The molecular weight excluding hydrogens is 510 g/mol. The van der Waals surface area contributed by atoms with Crippen LogP contribution < -0.4 is 5.69 Å². The summed E-state index contributed by atoms with van der Waals surface area (Å²) in [5.74, 6) is 2.43. The number of aromatic nitrogens is 3. The highest BCUT2D eigenvalue weighted by Crippen LogP contribution is 2.34. The molecule has 0 saturated carbocycles. The number of benzene rings is 1. The third-order valence-electron chi connectivity index (χ3n) is 4.21. The molecule has 0 aliphatic carbocycles. The van der Waals surface area contributed by atoms with Crippen LogP contribution in [0.25, 0.3) is 11.4 Å². The molecule has 30 heavy (non-hydrogen) atoms. The quantitative estimate of drug-likeness (QED) is 0.393. The first-order valence-corrected chi connectivity index (χ1v) is 16.7. The van der Waals surface area contributed by atoms with Crippen LogP contribution in [-0.4, -0.2) is 76.6 Å². The molecule has 6 nitrogen and oxygen atoms in total. The molecule has 1 heterocycles. The van der Waals surface area contributed by atoms with Crippen LogP contribution in [0.5, 0.6) is 0 Å². The fourth-order valence-corrected chi connectivity index (χ4v) is 4.43. The zero-order valence-corrected chi connectivity index (χ0v) is 22.6. The second kappa shape index (κ2) is 10.9. The van der Waals surface area contributed by atoms with Gasteiger partial charge in [-0.25, -0.2) is 24.9 Å². The van der Waals surface area contributed by atoms with Crippen molar-refractivity contribution in [3.8, 4) is 11.4 Å². The predicted molar refractivity (Wildman–Crippen MR) is 137 cm³/mol. The van der Waals surface area contributed by atoms with E-state index in [9.17, 15) is 4.79 Å². The SMILES string of the molecule is CS(C)(C)CCOCn1nc(-c2ccc(Br)cc2Cl)n(COCCS(C)(C)C)c1=O. The molecule has 0 bridgehead atoms. The van der Waals surface area contributed by atoms with E-state index in [0.29, 0.717) is 29.6 Å². The fraction of sp³-hybridized carbons (Fsp3) is 0.600. The maximum atomic E-state index is 13.0. The Labute approximate surface area is 196 Å². The molecule has 2 rings (SSSR count). The fourth-order valence-electron chi connectivity index (χ4n) is 2.44. The Kier molecular flexibility index (Phi) is 9.39. The summed E-state index contributed by atoms with van der Waals surface area (Å²) in [5.41, 5.74) is 0.412. The molecule has 0 atom stereocenters. The normalized spacial score (nSPS) is 13.6. The van der Waals surface area contributed by atoms with E-state index in [0.717, 1.165) is 16.0 Å². The first kappa shape index (κ1) is 25.8. The van der Waals surface area contributed by atoms with Gasteiger partial charge in [-0.3, -0.25) is 4.57 Å². The summed E-state index contributed by atoms with van der Waals surface area (Å²) in [7, 11) is -1.31. The molecule has 0 fully saturated rings. The van der Waals surface area contributed by atoms with Crippen molar-refractivity contribution in [1.29, 1.82) is 0 Å².